The van der Waals surface area contributed by atoms with Crippen molar-refractivity contribution >= 4 is 21.4 Å². The SMILES string of the molecule is CNS(=O)(=O)c1cc(C)c(Nc2cccc(C(F)(F)F)c2)c(C#N)c1. The summed E-state index contributed by atoms with van der Waals surface area (Å²) in [6.07, 6.45) is -4.49. The van der Waals surface area contributed by atoms with Crippen LogP contribution in [0.15, 0.2) is 41.3 Å². The van der Waals surface area contributed by atoms with E-state index >= 15 is 0 Å². The standard InChI is InChI=1S/C16H14F3N3O2S/c1-10-6-14(25(23,24)21-2)7-11(9-20)15(10)22-13-5-3-4-12(8-13)16(17,18)19/h3-8,21-22H,1-2H3. The molecule has 0 aliphatic carbocycles. The molecule has 0 fully saturated rings. The van der Waals surface area contributed by atoms with Crippen LogP contribution in [-0.4, -0.2) is 15.5 Å². The third kappa shape index (κ3) is 4.10. The molecule has 0 aliphatic rings. The summed E-state index contributed by atoms with van der Waals surface area (Å²) in [6, 6.07) is 8.88. The zero-order chi connectivity index (χ0) is 18.8. The average Bonchev–Trinajstić information content (AvgIpc) is 2.55. The van der Waals surface area contributed by atoms with Crippen LogP contribution in [0.4, 0.5) is 24.5 Å². The van der Waals surface area contributed by atoms with Crippen LogP contribution >= 0.6 is 0 Å². The summed E-state index contributed by atoms with van der Waals surface area (Å²) in [6.45, 7) is 1.56. The Kier molecular flexibility index (Phi) is 5.06. The minimum absolute atomic E-state index is 0.00577. The van der Waals surface area contributed by atoms with E-state index in [0.29, 0.717) is 5.56 Å². The van der Waals surface area contributed by atoms with Gasteiger partial charge in [0.25, 0.3) is 0 Å². The average molecular weight is 369 g/mol. The third-order valence-corrected chi connectivity index (χ3v) is 4.86. The third-order valence-electron chi connectivity index (χ3n) is 3.47. The number of nitrogens with zero attached hydrogens (tertiary/aromatic N) is 1. The Morgan fingerprint density at radius 1 is 1.16 bits per heavy atom. The minimum Gasteiger partial charge on any atom is -0.354 e. The van der Waals surface area contributed by atoms with Crippen molar-refractivity contribution in [2.75, 3.05) is 12.4 Å². The van der Waals surface area contributed by atoms with E-state index in [9.17, 15) is 26.9 Å². The highest BCUT2D eigenvalue weighted by Crippen LogP contribution is 2.33. The number of aryl methyl sites for hydroxylation is 1. The molecule has 0 heterocycles. The van der Waals surface area contributed by atoms with Gasteiger partial charge in [0.2, 0.25) is 10.0 Å². The maximum absolute atomic E-state index is 12.8. The molecule has 0 saturated carbocycles. The first-order chi connectivity index (χ1) is 11.6. The lowest BCUT2D eigenvalue weighted by Crippen LogP contribution is -2.19. The zero-order valence-electron chi connectivity index (χ0n) is 13.3. The number of sulfonamides is 1. The molecular formula is C16H14F3N3O2S. The molecule has 2 aromatic rings. The monoisotopic (exact) mass is 369 g/mol. The van der Waals surface area contributed by atoms with Gasteiger partial charge in [0.1, 0.15) is 6.07 Å². The summed E-state index contributed by atoms with van der Waals surface area (Å²) in [7, 11) is -2.51. The van der Waals surface area contributed by atoms with E-state index < -0.39 is 21.8 Å². The number of rotatable bonds is 4. The Hall–Kier alpha value is -2.57. The van der Waals surface area contributed by atoms with Crippen molar-refractivity contribution in [3.8, 4) is 6.07 Å². The Balaban J connectivity index is 2.50. The highest BCUT2D eigenvalue weighted by Gasteiger charge is 2.30. The van der Waals surface area contributed by atoms with Crippen LogP contribution < -0.4 is 10.0 Å². The van der Waals surface area contributed by atoms with Gasteiger partial charge in [-0.3, -0.25) is 0 Å². The molecule has 0 unspecified atom stereocenters. The van der Waals surface area contributed by atoms with E-state index in [1.54, 1.807) is 6.92 Å². The molecule has 2 N–H and O–H groups in total. The van der Waals surface area contributed by atoms with Gasteiger partial charge in [-0.05, 0) is 49.9 Å². The zero-order valence-corrected chi connectivity index (χ0v) is 14.1. The second kappa shape index (κ2) is 6.74. The van der Waals surface area contributed by atoms with Gasteiger partial charge in [-0.25, -0.2) is 13.1 Å². The van der Waals surface area contributed by atoms with Crippen molar-refractivity contribution in [2.24, 2.45) is 0 Å². The number of anilines is 2. The molecule has 0 saturated heterocycles. The first kappa shape index (κ1) is 18.8. The van der Waals surface area contributed by atoms with Crippen LogP contribution in [0.25, 0.3) is 0 Å². The summed E-state index contributed by atoms with van der Waals surface area (Å²) in [4.78, 5) is -0.0985. The smallest absolute Gasteiger partial charge is 0.354 e. The molecule has 2 aromatic carbocycles. The maximum atomic E-state index is 12.8. The largest absolute Gasteiger partial charge is 0.416 e. The molecule has 0 radical (unpaired) electrons. The fourth-order valence-electron chi connectivity index (χ4n) is 2.20. The Morgan fingerprint density at radius 3 is 2.40 bits per heavy atom. The van der Waals surface area contributed by atoms with E-state index in [0.717, 1.165) is 18.2 Å². The molecule has 5 nitrogen and oxygen atoms in total. The van der Waals surface area contributed by atoms with Crippen molar-refractivity contribution in [3.05, 3.63) is 53.1 Å². The van der Waals surface area contributed by atoms with Crippen LogP contribution in [0, 0.1) is 18.3 Å². The van der Waals surface area contributed by atoms with Crippen LogP contribution in [-0.2, 0) is 16.2 Å². The molecule has 0 atom stereocenters. The molecule has 25 heavy (non-hydrogen) atoms. The molecule has 0 bridgehead atoms. The summed E-state index contributed by atoms with van der Waals surface area (Å²) in [5.74, 6) is 0. The van der Waals surface area contributed by atoms with Gasteiger partial charge in [-0.2, -0.15) is 18.4 Å². The van der Waals surface area contributed by atoms with E-state index in [1.165, 1.54) is 25.2 Å². The van der Waals surface area contributed by atoms with E-state index in [4.69, 9.17) is 0 Å². The van der Waals surface area contributed by atoms with Crippen LogP contribution in [0.1, 0.15) is 16.7 Å². The number of alkyl halides is 3. The fourth-order valence-corrected chi connectivity index (χ4v) is 3.04. The summed E-state index contributed by atoms with van der Waals surface area (Å²) in [5, 5.41) is 12.0. The van der Waals surface area contributed by atoms with Gasteiger partial charge in [0.05, 0.1) is 21.7 Å². The van der Waals surface area contributed by atoms with Gasteiger partial charge in [-0.1, -0.05) is 6.07 Å². The highest BCUT2D eigenvalue weighted by molar-refractivity contribution is 7.89. The van der Waals surface area contributed by atoms with Gasteiger partial charge >= 0.3 is 6.18 Å². The van der Waals surface area contributed by atoms with E-state index in [2.05, 4.69) is 10.0 Å². The van der Waals surface area contributed by atoms with Crippen molar-refractivity contribution in [3.63, 3.8) is 0 Å². The van der Waals surface area contributed by atoms with Gasteiger partial charge < -0.3 is 5.32 Å². The summed E-state index contributed by atoms with van der Waals surface area (Å²) in [5.41, 5.74) is -0.0323. The second-order valence-corrected chi connectivity index (χ2v) is 7.07. The normalized spacial score (nSPS) is 11.8. The number of hydrogen-bond donors (Lipinski definition) is 2. The summed E-state index contributed by atoms with van der Waals surface area (Å²) >= 11 is 0. The minimum atomic E-state index is -4.49. The molecular weight excluding hydrogens is 355 g/mol. The molecule has 9 heteroatoms. The van der Waals surface area contributed by atoms with Crippen molar-refractivity contribution in [1.82, 2.24) is 4.72 Å². The van der Waals surface area contributed by atoms with Crippen molar-refractivity contribution in [2.45, 2.75) is 18.0 Å². The molecule has 132 valence electrons. The Morgan fingerprint density at radius 2 is 1.84 bits per heavy atom. The molecule has 0 amide bonds. The first-order valence-electron chi connectivity index (χ1n) is 7.01. The maximum Gasteiger partial charge on any atom is 0.416 e. The predicted molar refractivity (Wildman–Crippen MR) is 86.9 cm³/mol. The van der Waals surface area contributed by atoms with Crippen molar-refractivity contribution < 1.29 is 21.6 Å². The number of hydrogen-bond acceptors (Lipinski definition) is 4. The van der Waals surface area contributed by atoms with Crippen LogP contribution in [0.5, 0.6) is 0 Å². The molecule has 0 aliphatic heterocycles. The number of nitriles is 1. The summed E-state index contributed by atoms with van der Waals surface area (Å²) < 4.78 is 64.3. The number of nitrogens with one attached hydrogen (secondary N) is 2. The molecule has 0 aromatic heterocycles. The Bertz CT molecular complexity index is 948. The van der Waals surface area contributed by atoms with E-state index in [-0.39, 0.29) is 21.8 Å². The highest BCUT2D eigenvalue weighted by atomic mass is 32.2. The van der Waals surface area contributed by atoms with Crippen LogP contribution in [0.3, 0.4) is 0 Å². The van der Waals surface area contributed by atoms with Gasteiger partial charge in [0.15, 0.2) is 0 Å². The van der Waals surface area contributed by atoms with Crippen molar-refractivity contribution in [1.29, 1.82) is 5.26 Å². The first-order valence-corrected chi connectivity index (χ1v) is 8.49. The molecule has 2 rings (SSSR count). The van der Waals surface area contributed by atoms with Gasteiger partial charge in [0, 0.05) is 5.69 Å². The molecule has 0 spiro atoms. The van der Waals surface area contributed by atoms with Gasteiger partial charge in [-0.15, -0.1) is 0 Å². The fraction of sp³-hybridized carbons (Fsp3) is 0.188. The predicted octanol–water partition coefficient (Wildman–Crippen LogP) is 3.54. The lowest BCUT2D eigenvalue weighted by molar-refractivity contribution is -0.137. The number of halogens is 3. The quantitative estimate of drug-likeness (QED) is 0.864. The van der Waals surface area contributed by atoms with Crippen LogP contribution in [0.2, 0.25) is 0 Å². The second-order valence-electron chi connectivity index (χ2n) is 5.19. The van der Waals surface area contributed by atoms with E-state index in [1.807, 2.05) is 6.07 Å². The lowest BCUT2D eigenvalue weighted by Gasteiger charge is -2.15. The number of benzene rings is 2. The Labute approximate surface area is 143 Å². The lowest BCUT2D eigenvalue weighted by atomic mass is 10.1. The topological polar surface area (TPSA) is 82.0 Å².